The van der Waals surface area contributed by atoms with Crippen LogP contribution in [0.4, 0.5) is 0 Å². The van der Waals surface area contributed by atoms with Gasteiger partial charge in [-0.2, -0.15) is 0 Å². The van der Waals surface area contributed by atoms with E-state index in [9.17, 15) is 49.5 Å². The topological polar surface area (TPSA) is 270 Å². The van der Waals surface area contributed by atoms with Gasteiger partial charge in [0.2, 0.25) is 5.91 Å². The molecule has 0 aromatic carbocycles. The zero-order valence-corrected chi connectivity index (χ0v) is 46.5. The first kappa shape index (κ1) is 63.1. The molecule has 22 heteroatoms. The van der Waals surface area contributed by atoms with Crippen LogP contribution in [-0.2, 0) is 57.1 Å². The van der Waals surface area contributed by atoms with E-state index < -0.39 is 138 Å². The molecule has 3 aliphatic heterocycles. The van der Waals surface area contributed by atoms with Gasteiger partial charge >= 0.3 is 17.9 Å². The minimum atomic E-state index is -1.89. The number of carboxylic acid groups (broad SMARTS) is 1. The van der Waals surface area contributed by atoms with Crippen molar-refractivity contribution in [3.8, 4) is 0 Å². The van der Waals surface area contributed by atoms with Crippen molar-refractivity contribution in [3.05, 3.63) is 0 Å². The normalized spacial score (nSPS) is 40.1. The number of methoxy groups -OCH3 is 1. The van der Waals surface area contributed by atoms with Crippen molar-refractivity contribution in [2.75, 3.05) is 46.3 Å². The summed E-state index contributed by atoms with van der Waals surface area (Å²) in [4.78, 5) is 68.6. The molecule has 0 aromatic heterocycles. The van der Waals surface area contributed by atoms with Crippen molar-refractivity contribution >= 4 is 51.2 Å². The van der Waals surface area contributed by atoms with E-state index in [4.69, 9.17) is 33.2 Å². The molecule has 0 unspecified atom stereocenters. The Balaban J connectivity index is 2.19. The Morgan fingerprint density at radius 3 is 2.10 bits per heavy atom. The van der Waals surface area contributed by atoms with Gasteiger partial charge in [-0.25, -0.2) is 4.79 Å². The average Bonchev–Trinajstić information content (AvgIpc) is 3.27. The fourth-order valence-electron chi connectivity index (χ4n) is 10.3. The number of ether oxygens (including phenoxy) is 7. The molecule has 20 nitrogen and oxygen atoms in total. The quantitative estimate of drug-likeness (QED) is 0.0654. The third kappa shape index (κ3) is 16.9. The minimum absolute atomic E-state index is 0.0176. The lowest BCUT2D eigenvalue weighted by Gasteiger charge is -2.49. The highest BCUT2D eigenvalue weighted by atomic mass is 33.1. The van der Waals surface area contributed by atoms with E-state index in [0.717, 1.165) is 21.6 Å². The molecule has 0 spiro atoms. The summed E-state index contributed by atoms with van der Waals surface area (Å²) in [5.41, 5.74) is -4.76. The Labute approximate surface area is 429 Å². The van der Waals surface area contributed by atoms with Crippen molar-refractivity contribution < 1.29 is 82.7 Å². The number of esters is 2. The summed E-state index contributed by atoms with van der Waals surface area (Å²) >= 11 is 0. The van der Waals surface area contributed by atoms with Crippen LogP contribution < -0.4 is 5.32 Å². The largest absolute Gasteiger partial charge is 0.481 e. The molecule has 3 rings (SSSR count). The highest BCUT2D eigenvalue weighted by Crippen LogP contribution is 2.41. The number of hydrogen-bond donors (Lipinski definition) is 6. The molecule has 0 radical (unpaired) electrons. The molecule has 0 aromatic rings. The molecular weight excluding hydrogens is 967 g/mol. The maximum Gasteiger partial charge on any atom is 0.330 e. The summed E-state index contributed by atoms with van der Waals surface area (Å²) in [7, 11) is 9.18. The Morgan fingerprint density at radius 1 is 0.930 bits per heavy atom. The van der Waals surface area contributed by atoms with Gasteiger partial charge in [-0.15, -0.1) is 0 Å². The van der Waals surface area contributed by atoms with Gasteiger partial charge in [-0.05, 0) is 102 Å². The fraction of sp³-hybridized carbons (Fsp3) is 0.898. The summed E-state index contributed by atoms with van der Waals surface area (Å²) in [6.45, 7) is 20.0. The van der Waals surface area contributed by atoms with E-state index in [1.54, 1.807) is 55.5 Å². The maximum absolute atomic E-state index is 14.6. The summed E-state index contributed by atoms with van der Waals surface area (Å²) in [5, 5.41) is 59.9. The van der Waals surface area contributed by atoms with Crippen molar-refractivity contribution in [2.45, 2.75) is 212 Å². The van der Waals surface area contributed by atoms with Crippen molar-refractivity contribution in [2.24, 2.45) is 23.7 Å². The van der Waals surface area contributed by atoms with Gasteiger partial charge < -0.3 is 78.6 Å². The lowest BCUT2D eigenvalue weighted by molar-refractivity contribution is -0.319. The maximum atomic E-state index is 14.6. The molecule has 3 heterocycles. The second-order valence-corrected chi connectivity index (χ2v) is 23.9. The SMILES string of the molecule is CC[C@H]1OC(=O)[C@H](C)[C@@H](O[C@H]2C[C@@](C)(OC)[C@@H](O)[C@H](C)O2)[C@H](C)[C@@H](O[C@@H]2O[C@H](C)C[C@H](N(C)C)[C@H]2OC(=O)[C@H](CSSC[C@H](CC(C)=O)C(=O)O)NC(C)=O)[C@](C)(O)C[C@@H](C)CN(C)[C@H](C)[C@@H](O)[C@]1(C)O. The number of carbonyl (C=O) groups excluding carboxylic acids is 4. The van der Waals surface area contributed by atoms with E-state index >= 15 is 0 Å². The average molecular weight is 1050 g/mol. The first-order valence-electron chi connectivity index (χ1n) is 24.8. The summed E-state index contributed by atoms with van der Waals surface area (Å²) < 4.78 is 44.8. The number of cyclic esters (lactones) is 1. The van der Waals surface area contributed by atoms with Crippen LogP contribution in [0.1, 0.15) is 115 Å². The minimum Gasteiger partial charge on any atom is -0.481 e. The second-order valence-electron chi connectivity index (χ2n) is 21.3. The van der Waals surface area contributed by atoms with E-state index in [1.807, 2.05) is 37.7 Å². The number of aliphatic carboxylic acids is 1. The molecule has 20 atom stereocenters. The number of carboxylic acids is 1. The molecule has 3 aliphatic rings. The van der Waals surface area contributed by atoms with Crippen molar-refractivity contribution in [1.82, 2.24) is 15.1 Å². The molecule has 412 valence electrons. The number of aliphatic hydroxyl groups excluding tert-OH is 2. The number of carbonyl (C=O) groups is 5. The molecule has 0 aliphatic carbocycles. The zero-order valence-electron chi connectivity index (χ0n) is 44.8. The standard InChI is InChI=1S/C49H87N3O17S2/c1-17-36-49(12,62)40(55)30(7)52(15)22-25(2)20-47(10,61)42(28(5)38(29(6)44(59)66-36)67-37-21-48(11,63-16)41(56)31(8)65-37)69-46-39(35(51(13)14)19-27(4)64-46)68-45(60)34(50-32(9)54)24-71-70-23-33(43(57)58)18-26(3)53/h25,27-31,33-42,46,55-56,61-62H,17-24H2,1-16H3,(H,50,54)(H,57,58)/t25-,27-,28+,29-,30-,31+,33+,34+,35+,36-,37+,38+,39-,40-,41+,42-,46+,47-,48-,49-/m1/s1. The molecule has 0 bridgehead atoms. The molecule has 1 amide bonds. The number of ketones is 1. The predicted molar refractivity (Wildman–Crippen MR) is 267 cm³/mol. The van der Waals surface area contributed by atoms with Crippen molar-refractivity contribution in [3.63, 3.8) is 0 Å². The Morgan fingerprint density at radius 2 is 1.55 bits per heavy atom. The van der Waals surface area contributed by atoms with E-state index in [2.05, 4.69) is 5.32 Å². The molecule has 3 saturated heterocycles. The predicted octanol–water partition coefficient (Wildman–Crippen LogP) is 3.02. The van der Waals surface area contributed by atoms with Gasteiger partial charge in [0.25, 0.3) is 0 Å². The summed E-state index contributed by atoms with van der Waals surface area (Å²) in [6.07, 6.45) is -10.3. The number of nitrogens with one attached hydrogen (secondary N) is 1. The van der Waals surface area contributed by atoms with Crippen LogP contribution in [0.2, 0.25) is 0 Å². The van der Waals surface area contributed by atoms with Gasteiger partial charge in [-0.3, -0.25) is 14.4 Å². The Hall–Kier alpha value is -2.19. The number of hydrogen-bond acceptors (Lipinski definition) is 20. The first-order chi connectivity index (χ1) is 32.8. The lowest BCUT2D eigenvalue weighted by Crippen LogP contribution is -2.61. The van der Waals surface area contributed by atoms with E-state index in [-0.39, 0.29) is 48.9 Å². The molecule has 3 fully saturated rings. The molecule has 71 heavy (non-hydrogen) atoms. The third-order valence-electron chi connectivity index (χ3n) is 14.6. The van der Waals surface area contributed by atoms with Crippen LogP contribution in [-0.4, -0.2) is 208 Å². The summed E-state index contributed by atoms with van der Waals surface area (Å²) in [5.74, 6) is -6.75. The van der Waals surface area contributed by atoms with Crippen LogP contribution in [0.25, 0.3) is 0 Å². The van der Waals surface area contributed by atoms with Crippen LogP contribution in [0.3, 0.4) is 0 Å². The smallest absolute Gasteiger partial charge is 0.330 e. The highest BCUT2D eigenvalue weighted by Gasteiger charge is 2.53. The first-order valence-corrected chi connectivity index (χ1v) is 27.3. The van der Waals surface area contributed by atoms with Gasteiger partial charge in [0.15, 0.2) is 18.7 Å². The number of Topliss-reactive ketones (excluding diaryl/α,β-unsaturated/α-hetero) is 1. The number of rotatable bonds is 18. The van der Waals surface area contributed by atoms with Gasteiger partial charge in [-0.1, -0.05) is 42.4 Å². The highest BCUT2D eigenvalue weighted by molar-refractivity contribution is 8.76. The third-order valence-corrected chi connectivity index (χ3v) is 17.1. The number of amides is 1. The Bertz CT molecular complexity index is 1760. The van der Waals surface area contributed by atoms with Crippen molar-refractivity contribution in [1.29, 1.82) is 0 Å². The molecule has 6 N–H and O–H groups in total. The van der Waals surface area contributed by atoms with Crippen LogP contribution in [0, 0.1) is 23.7 Å². The summed E-state index contributed by atoms with van der Waals surface area (Å²) in [6, 6.07) is -2.35. The molecule has 0 saturated carbocycles. The fourth-order valence-corrected chi connectivity index (χ4v) is 12.7. The van der Waals surface area contributed by atoms with Gasteiger partial charge in [0.05, 0.1) is 53.5 Å². The van der Waals surface area contributed by atoms with Crippen LogP contribution in [0.15, 0.2) is 0 Å². The van der Waals surface area contributed by atoms with Gasteiger partial charge in [0, 0.05) is 56.9 Å². The number of likely N-dealkylation sites (N-methyl/N-ethyl adjacent to an activating group) is 2. The second kappa shape index (κ2) is 27.0. The monoisotopic (exact) mass is 1050 g/mol. The number of aliphatic hydroxyl groups is 4. The Kier molecular flexibility index (Phi) is 24.0. The van der Waals surface area contributed by atoms with E-state index in [1.165, 1.54) is 27.9 Å². The lowest BCUT2D eigenvalue weighted by atomic mass is 9.77. The van der Waals surface area contributed by atoms with Gasteiger partial charge in [0.1, 0.15) is 35.7 Å². The van der Waals surface area contributed by atoms with Crippen LogP contribution in [0.5, 0.6) is 0 Å². The molecular formula is C49H87N3O17S2. The van der Waals surface area contributed by atoms with Crippen LogP contribution >= 0.6 is 21.6 Å². The zero-order chi connectivity index (χ0) is 54.1. The number of nitrogens with zero attached hydrogens (tertiary/aromatic N) is 2. The van der Waals surface area contributed by atoms with E-state index in [0.29, 0.717) is 13.0 Å².